The van der Waals surface area contributed by atoms with Crippen LogP contribution in [0.3, 0.4) is 0 Å². The first-order valence-electron chi connectivity index (χ1n) is 8.82. The summed E-state index contributed by atoms with van der Waals surface area (Å²) >= 11 is 0. The Hall–Kier alpha value is -2.15. The van der Waals surface area contributed by atoms with Gasteiger partial charge in [0.2, 0.25) is 0 Å². The molecule has 4 rings (SSSR count). The molecule has 2 atom stereocenters. The number of likely N-dealkylation sites (tertiary alicyclic amines) is 1. The molecule has 2 unspecified atom stereocenters. The molecule has 3 N–H and O–H groups in total. The van der Waals surface area contributed by atoms with Crippen LogP contribution in [0.5, 0.6) is 11.5 Å². The lowest BCUT2D eigenvalue weighted by molar-refractivity contribution is -0.0665. The Morgan fingerprint density at radius 2 is 1.77 bits per heavy atom. The molecule has 26 heavy (non-hydrogen) atoms. The SMILES string of the molecule is Oc1ccc2c(c1)OCC(N1CCC(O)(c3ccc(F)cc3)CC1)C2O. The molecule has 1 fully saturated rings. The van der Waals surface area contributed by atoms with Crippen molar-refractivity contribution >= 4 is 0 Å². The maximum absolute atomic E-state index is 13.1. The summed E-state index contributed by atoms with van der Waals surface area (Å²) in [5.74, 6) is 0.298. The number of fused-ring (bicyclic) bond motifs is 1. The number of hydrogen-bond donors (Lipinski definition) is 3. The van der Waals surface area contributed by atoms with Crippen molar-refractivity contribution in [3.05, 3.63) is 59.4 Å². The summed E-state index contributed by atoms with van der Waals surface area (Å²) in [6, 6.07) is 10.5. The topological polar surface area (TPSA) is 73.2 Å². The van der Waals surface area contributed by atoms with Crippen LogP contribution < -0.4 is 4.74 Å². The van der Waals surface area contributed by atoms with E-state index in [1.54, 1.807) is 18.2 Å². The number of rotatable bonds is 2. The fourth-order valence-corrected chi connectivity index (χ4v) is 3.95. The molecule has 6 heteroatoms. The molecule has 0 aromatic heterocycles. The van der Waals surface area contributed by atoms with Crippen molar-refractivity contribution < 1.29 is 24.4 Å². The fourth-order valence-electron chi connectivity index (χ4n) is 3.95. The first-order valence-corrected chi connectivity index (χ1v) is 8.82. The van der Waals surface area contributed by atoms with Crippen LogP contribution in [0.25, 0.3) is 0 Å². The number of aliphatic hydroxyl groups is 2. The monoisotopic (exact) mass is 359 g/mol. The van der Waals surface area contributed by atoms with Crippen molar-refractivity contribution in [3.63, 3.8) is 0 Å². The highest BCUT2D eigenvalue weighted by Gasteiger charge is 2.40. The summed E-state index contributed by atoms with van der Waals surface area (Å²) in [7, 11) is 0. The Kier molecular flexibility index (Phi) is 4.34. The molecule has 2 heterocycles. The maximum Gasteiger partial charge on any atom is 0.128 e. The number of halogens is 1. The molecular weight excluding hydrogens is 337 g/mol. The van der Waals surface area contributed by atoms with Gasteiger partial charge in [-0.05, 0) is 42.7 Å². The van der Waals surface area contributed by atoms with Crippen molar-refractivity contribution in [3.8, 4) is 11.5 Å². The average Bonchev–Trinajstić information content (AvgIpc) is 2.63. The molecule has 1 saturated heterocycles. The molecule has 0 bridgehead atoms. The van der Waals surface area contributed by atoms with Crippen molar-refractivity contribution in [2.24, 2.45) is 0 Å². The molecule has 5 nitrogen and oxygen atoms in total. The largest absolute Gasteiger partial charge is 0.508 e. The zero-order chi connectivity index (χ0) is 18.3. The maximum atomic E-state index is 13.1. The summed E-state index contributed by atoms with van der Waals surface area (Å²) in [5.41, 5.74) is 0.409. The summed E-state index contributed by atoms with van der Waals surface area (Å²) in [4.78, 5) is 2.12. The number of phenols is 1. The normalized spacial score (nSPS) is 25.3. The van der Waals surface area contributed by atoms with Crippen LogP contribution in [0.2, 0.25) is 0 Å². The van der Waals surface area contributed by atoms with Crippen LogP contribution in [0.15, 0.2) is 42.5 Å². The number of piperidine rings is 1. The number of phenolic OH excluding ortho intramolecular Hbond substituents is 1. The molecule has 0 saturated carbocycles. The van der Waals surface area contributed by atoms with E-state index in [1.165, 1.54) is 24.3 Å². The number of benzene rings is 2. The number of ether oxygens (including phenoxy) is 1. The molecule has 2 aromatic rings. The highest BCUT2D eigenvalue weighted by Crippen LogP contribution is 2.39. The number of aromatic hydroxyl groups is 1. The van der Waals surface area contributed by atoms with Crippen LogP contribution in [0.1, 0.15) is 30.1 Å². The molecule has 0 spiro atoms. The van der Waals surface area contributed by atoms with E-state index in [4.69, 9.17) is 4.74 Å². The minimum Gasteiger partial charge on any atom is -0.508 e. The summed E-state index contributed by atoms with van der Waals surface area (Å²) in [6.07, 6.45) is 0.297. The Bertz CT molecular complexity index is 787. The van der Waals surface area contributed by atoms with E-state index in [-0.39, 0.29) is 17.6 Å². The molecule has 2 aliphatic rings. The standard InChI is InChI=1S/C20H22FNO4/c21-14-3-1-13(2-4-14)20(25)7-9-22(10-8-20)17-12-26-18-11-15(23)5-6-16(18)19(17)24/h1-6,11,17,19,23-25H,7-10,12H2. The zero-order valence-electron chi connectivity index (χ0n) is 14.3. The molecule has 0 amide bonds. The molecule has 138 valence electrons. The van der Waals surface area contributed by atoms with Crippen LogP contribution in [-0.2, 0) is 5.60 Å². The first-order chi connectivity index (χ1) is 12.5. The molecular formula is C20H22FNO4. The summed E-state index contributed by atoms with van der Waals surface area (Å²) in [6.45, 7) is 1.53. The van der Waals surface area contributed by atoms with Gasteiger partial charge in [-0.2, -0.15) is 0 Å². The van der Waals surface area contributed by atoms with Gasteiger partial charge in [-0.25, -0.2) is 4.39 Å². The van der Waals surface area contributed by atoms with Crippen LogP contribution in [-0.4, -0.2) is 46.0 Å². The van der Waals surface area contributed by atoms with Gasteiger partial charge in [0.25, 0.3) is 0 Å². The zero-order valence-corrected chi connectivity index (χ0v) is 14.3. The van der Waals surface area contributed by atoms with E-state index in [0.717, 1.165) is 5.56 Å². The lowest BCUT2D eigenvalue weighted by atomic mass is 9.83. The Morgan fingerprint density at radius 3 is 2.46 bits per heavy atom. The second-order valence-electron chi connectivity index (χ2n) is 7.12. The van der Waals surface area contributed by atoms with Gasteiger partial charge in [0.1, 0.15) is 30.0 Å². The summed E-state index contributed by atoms with van der Waals surface area (Å²) < 4.78 is 18.9. The lowest BCUT2D eigenvalue weighted by Crippen LogP contribution is -2.52. The third kappa shape index (κ3) is 3.05. The van der Waals surface area contributed by atoms with Gasteiger partial charge < -0.3 is 20.1 Å². The van der Waals surface area contributed by atoms with Crippen molar-refractivity contribution in [2.45, 2.75) is 30.6 Å². The van der Waals surface area contributed by atoms with Crippen LogP contribution >= 0.6 is 0 Å². The Labute approximate surface area is 151 Å². The van der Waals surface area contributed by atoms with Crippen molar-refractivity contribution in [2.75, 3.05) is 19.7 Å². The van der Waals surface area contributed by atoms with Gasteiger partial charge in [0, 0.05) is 24.7 Å². The highest BCUT2D eigenvalue weighted by molar-refractivity contribution is 5.43. The summed E-state index contributed by atoms with van der Waals surface area (Å²) in [5, 5.41) is 31.2. The van der Waals surface area contributed by atoms with Crippen LogP contribution in [0.4, 0.5) is 4.39 Å². The number of nitrogens with zero attached hydrogens (tertiary/aromatic N) is 1. The van der Waals surface area contributed by atoms with Gasteiger partial charge in [-0.15, -0.1) is 0 Å². The second kappa shape index (κ2) is 6.54. The molecule has 0 radical (unpaired) electrons. The van der Waals surface area contributed by atoms with Crippen molar-refractivity contribution in [1.82, 2.24) is 4.90 Å². The Morgan fingerprint density at radius 1 is 1.08 bits per heavy atom. The van der Waals surface area contributed by atoms with E-state index in [0.29, 0.717) is 43.9 Å². The van der Waals surface area contributed by atoms with Crippen molar-refractivity contribution in [1.29, 1.82) is 0 Å². The molecule has 2 aliphatic heterocycles. The smallest absolute Gasteiger partial charge is 0.128 e. The van der Waals surface area contributed by atoms with E-state index in [2.05, 4.69) is 4.90 Å². The van der Waals surface area contributed by atoms with Gasteiger partial charge in [-0.3, -0.25) is 4.90 Å². The van der Waals surface area contributed by atoms with Gasteiger partial charge in [0.05, 0.1) is 11.6 Å². The van der Waals surface area contributed by atoms with E-state index in [9.17, 15) is 19.7 Å². The molecule has 0 aliphatic carbocycles. The fraction of sp³-hybridized carbons (Fsp3) is 0.400. The minimum atomic E-state index is -0.978. The third-order valence-corrected chi connectivity index (χ3v) is 5.57. The third-order valence-electron chi connectivity index (χ3n) is 5.57. The van der Waals surface area contributed by atoms with E-state index in [1.807, 2.05) is 0 Å². The molecule has 2 aromatic carbocycles. The Balaban J connectivity index is 1.46. The first kappa shape index (κ1) is 17.3. The number of hydrogen-bond acceptors (Lipinski definition) is 5. The van der Waals surface area contributed by atoms with Gasteiger partial charge >= 0.3 is 0 Å². The quantitative estimate of drug-likeness (QED) is 0.767. The predicted octanol–water partition coefficient (Wildman–Crippen LogP) is 2.31. The van der Waals surface area contributed by atoms with E-state index >= 15 is 0 Å². The van der Waals surface area contributed by atoms with Gasteiger partial charge in [-0.1, -0.05) is 12.1 Å². The average molecular weight is 359 g/mol. The van der Waals surface area contributed by atoms with E-state index < -0.39 is 11.7 Å². The highest BCUT2D eigenvalue weighted by atomic mass is 19.1. The van der Waals surface area contributed by atoms with Crippen LogP contribution in [0, 0.1) is 5.82 Å². The number of aliphatic hydroxyl groups excluding tert-OH is 1. The van der Waals surface area contributed by atoms with Gasteiger partial charge in [0.15, 0.2) is 0 Å². The minimum absolute atomic E-state index is 0.108. The second-order valence-corrected chi connectivity index (χ2v) is 7.12. The lowest BCUT2D eigenvalue weighted by Gasteiger charge is -2.44. The predicted molar refractivity (Wildman–Crippen MR) is 93.5 cm³/mol.